The van der Waals surface area contributed by atoms with Crippen LogP contribution < -0.4 is 0 Å². The second kappa shape index (κ2) is 4.80. The van der Waals surface area contributed by atoms with Gasteiger partial charge in [0.05, 0.1) is 5.69 Å². The fourth-order valence-corrected chi connectivity index (χ4v) is 2.40. The van der Waals surface area contributed by atoms with Crippen LogP contribution in [0.15, 0.2) is 36.8 Å². The van der Waals surface area contributed by atoms with Crippen LogP contribution in [0.5, 0.6) is 0 Å². The van der Waals surface area contributed by atoms with Crippen LogP contribution in [0.2, 0.25) is 0 Å². The third-order valence-electron chi connectivity index (χ3n) is 3.41. The van der Waals surface area contributed by atoms with Crippen molar-refractivity contribution in [2.24, 2.45) is 0 Å². The van der Waals surface area contributed by atoms with Gasteiger partial charge in [-0.15, -0.1) is 0 Å². The number of aromatic nitrogens is 2. The topological polar surface area (TPSA) is 46.1 Å². The third kappa shape index (κ3) is 2.34. The van der Waals surface area contributed by atoms with Gasteiger partial charge in [-0.3, -0.25) is 4.79 Å². The molecule has 4 nitrogen and oxygen atoms in total. The smallest absolute Gasteiger partial charge is 0.254 e. The van der Waals surface area contributed by atoms with Crippen molar-refractivity contribution in [2.75, 3.05) is 6.54 Å². The van der Waals surface area contributed by atoms with Crippen molar-refractivity contribution in [1.29, 1.82) is 0 Å². The second-order valence-electron chi connectivity index (χ2n) is 4.84. The average molecular weight is 253 g/mol. The Labute approximate surface area is 112 Å². The number of hydrogen-bond donors (Lipinski definition) is 0. The van der Waals surface area contributed by atoms with Crippen molar-refractivity contribution < 1.29 is 4.79 Å². The summed E-state index contributed by atoms with van der Waals surface area (Å²) in [4.78, 5) is 22.6. The zero-order chi connectivity index (χ0) is 13.2. The van der Waals surface area contributed by atoms with E-state index in [2.05, 4.69) is 9.97 Å². The highest BCUT2D eigenvalue weighted by Gasteiger charge is 2.22. The first-order valence-corrected chi connectivity index (χ1v) is 6.38. The van der Waals surface area contributed by atoms with Crippen molar-refractivity contribution in [1.82, 2.24) is 14.9 Å². The molecule has 0 saturated heterocycles. The lowest BCUT2D eigenvalue weighted by Crippen LogP contribution is -2.36. The molecule has 0 N–H and O–H groups in total. The summed E-state index contributed by atoms with van der Waals surface area (Å²) in [7, 11) is 0. The van der Waals surface area contributed by atoms with Gasteiger partial charge < -0.3 is 4.90 Å². The summed E-state index contributed by atoms with van der Waals surface area (Å²) in [6.07, 6.45) is 4.17. The zero-order valence-electron chi connectivity index (χ0n) is 10.8. The predicted octanol–water partition coefficient (Wildman–Crippen LogP) is 1.98. The van der Waals surface area contributed by atoms with E-state index in [1.807, 2.05) is 36.1 Å². The fraction of sp³-hybridized carbons (Fsp3) is 0.267. The van der Waals surface area contributed by atoms with Gasteiger partial charge in [0.2, 0.25) is 0 Å². The van der Waals surface area contributed by atoms with E-state index < -0.39 is 0 Å². The van der Waals surface area contributed by atoms with Crippen LogP contribution >= 0.6 is 0 Å². The Bertz CT molecular complexity index is 624. The van der Waals surface area contributed by atoms with Gasteiger partial charge in [0, 0.05) is 36.8 Å². The predicted molar refractivity (Wildman–Crippen MR) is 71.7 cm³/mol. The number of fused-ring (bicyclic) bond motifs is 1. The van der Waals surface area contributed by atoms with Crippen molar-refractivity contribution >= 4 is 5.91 Å². The molecule has 2 aromatic rings. The first kappa shape index (κ1) is 11.8. The Morgan fingerprint density at radius 3 is 3.11 bits per heavy atom. The van der Waals surface area contributed by atoms with Crippen LogP contribution in [-0.4, -0.2) is 27.3 Å². The van der Waals surface area contributed by atoms with E-state index in [9.17, 15) is 4.79 Å². The lowest BCUT2D eigenvalue weighted by molar-refractivity contribution is 0.0733. The van der Waals surface area contributed by atoms with Crippen molar-refractivity contribution in [2.45, 2.75) is 19.9 Å². The zero-order valence-corrected chi connectivity index (χ0v) is 10.8. The molecule has 0 spiro atoms. The minimum Gasteiger partial charge on any atom is -0.334 e. The Hall–Kier alpha value is -2.23. The molecular weight excluding hydrogens is 238 g/mol. The Kier molecular flexibility index (Phi) is 2.99. The number of benzene rings is 1. The van der Waals surface area contributed by atoms with Gasteiger partial charge in [0.1, 0.15) is 6.33 Å². The van der Waals surface area contributed by atoms with Crippen LogP contribution in [0.4, 0.5) is 0 Å². The van der Waals surface area contributed by atoms with Gasteiger partial charge in [-0.2, -0.15) is 0 Å². The molecule has 0 fully saturated rings. The maximum atomic E-state index is 12.4. The summed E-state index contributed by atoms with van der Waals surface area (Å²) >= 11 is 0. The highest BCUT2D eigenvalue weighted by Crippen LogP contribution is 2.18. The Morgan fingerprint density at radius 1 is 1.37 bits per heavy atom. The van der Waals surface area contributed by atoms with E-state index in [1.165, 1.54) is 0 Å². The van der Waals surface area contributed by atoms with E-state index in [4.69, 9.17) is 0 Å². The molecule has 3 rings (SSSR count). The summed E-state index contributed by atoms with van der Waals surface area (Å²) in [5, 5.41) is 0. The molecule has 0 unspecified atom stereocenters. The highest BCUT2D eigenvalue weighted by atomic mass is 16.2. The van der Waals surface area contributed by atoms with Gasteiger partial charge >= 0.3 is 0 Å². The monoisotopic (exact) mass is 253 g/mol. The van der Waals surface area contributed by atoms with E-state index in [1.54, 1.807) is 12.5 Å². The molecule has 0 aliphatic carbocycles. The number of aryl methyl sites for hydroxylation is 1. The lowest BCUT2D eigenvalue weighted by Gasteiger charge is -2.28. The highest BCUT2D eigenvalue weighted by molar-refractivity contribution is 5.94. The number of carbonyl (C=O) groups excluding carboxylic acids is 1. The minimum absolute atomic E-state index is 0.0817. The molecule has 1 aliphatic rings. The van der Waals surface area contributed by atoms with Crippen LogP contribution in [-0.2, 0) is 13.0 Å². The molecule has 4 heteroatoms. The number of carbonyl (C=O) groups is 1. The maximum absolute atomic E-state index is 12.4. The number of amides is 1. The normalized spacial score (nSPS) is 14.1. The SMILES string of the molecule is Cc1cccc(C(=O)N2CCc3ncncc3C2)c1. The fourth-order valence-electron chi connectivity index (χ4n) is 2.40. The molecular formula is C15H15N3O. The Balaban J connectivity index is 1.83. The van der Waals surface area contributed by atoms with Crippen LogP contribution in [0, 0.1) is 6.92 Å². The molecule has 1 aromatic heterocycles. The lowest BCUT2D eigenvalue weighted by atomic mass is 10.1. The van der Waals surface area contributed by atoms with Crippen molar-refractivity contribution in [3.8, 4) is 0 Å². The number of rotatable bonds is 1. The van der Waals surface area contributed by atoms with Gasteiger partial charge in [-0.25, -0.2) is 9.97 Å². The van der Waals surface area contributed by atoms with Crippen LogP contribution in [0.1, 0.15) is 27.2 Å². The van der Waals surface area contributed by atoms with Crippen molar-refractivity contribution in [3.05, 3.63) is 59.2 Å². The molecule has 0 atom stereocenters. The Morgan fingerprint density at radius 2 is 2.26 bits per heavy atom. The first-order chi connectivity index (χ1) is 9.24. The van der Waals surface area contributed by atoms with E-state index in [-0.39, 0.29) is 5.91 Å². The molecule has 0 radical (unpaired) electrons. The summed E-state index contributed by atoms with van der Waals surface area (Å²) in [6.45, 7) is 3.32. The van der Waals surface area contributed by atoms with E-state index >= 15 is 0 Å². The van der Waals surface area contributed by atoms with E-state index in [0.717, 1.165) is 35.3 Å². The summed E-state index contributed by atoms with van der Waals surface area (Å²) < 4.78 is 0. The molecule has 96 valence electrons. The molecule has 2 heterocycles. The van der Waals surface area contributed by atoms with Gasteiger partial charge in [-0.05, 0) is 19.1 Å². The molecule has 0 bridgehead atoms. The van der Waals surface area contributed by atoms with Gasteiger partial charge in [0.15, 0.2) is 0 Å². The minimum atomic E-state index is 0.0817. The second-order valence-corrected chi connectivity index (χ2v) is 4.84. The van der Waals surface area contributed by atoms with Gasteiger partial charge in [-0.1, -0.05) is 17.7 Å². The molecule has 0 saturated carbocycles. The summed E-state index contributed by atoms with van der Waals surface area (Å²) in [5.41, 5.74) is 3.96. The molecule has 19 heavy (non-hydrogen) atoms. The van der Waals surface area contributed by atoms with Crippen LogP contribution in [0.3, 0.4) is 0 Å². The molecule has 1 amide bonds. The number of nitrogens with zero attached hydrogens (tertiary/aromatic N) is 3. The first-order valence-electron chi connectivity index (χ1n) is 6.38. The maximum Gasteiger partial charge on any atom is 0.254 e. The summed E-state index contributed by atoms with van der Waals surface area (Å²) in [5.74, 6) is 0.0817. The van der Waals surface area contributed by atoms with Gasteiger partial charge in [0.25, 0.3) is 5.91 Å². The standard InChI is InChI=1S/C15H15N3O/c1-11-3-2-4-12(7-11)15(19)18-6-5-14-13(9-18)8-16-10-17-14/h2-4,7-8,10H,5-6,9H2,1H3. The number of hydrogen-bond acceptors (Lipinski definition) is 3. The van der Waals surface area contributed by atoms with Crippen LogP contribution in [0.25, 0.3) is 0 Å². The summed E-state index contributed by atoms with van der Waals surface area (Å²) in [6, 6.07) is 7.71. The average Bonchev–Trinajstić information content (AvgIpc) is 2.46. The van der Waals surface area contributed by atoms with Crippen molar-refractivity contribution in [3.63, 3.8) is 0 Å². The largest absolute Gasteiger partial charge is 0.334 e. The molecule has 1 aliphatic heterocycles. The molecule has 1 aromatic carbocycles. The third-order valence-corrected chi connectivity index (χ3v) is 3.41. The quantitative estimate of drug-likeness (QED) is 0.780. The van der Waals surface area contributed by atoms with E-state index in [0.29, 0.717) is 6.54 Å².